The summed E-state index contributed by atoms with van der Waals surface area (Å²) in [6.07, 6.45) is 4.94. The third-order valence-corrected chi connectivity index (χ3v) is 6.61. The summed E-state index contributed by atoms with van der Waals surface area (Å²) >= 11 is 1.29. The minimum Gasteiger partial charge on any atom is -0.467 e. The van der Waals surface area contributed by atoms with Crippen LogP contribution in [0.4, 0.5) is 0 Å². The van der Waals surface area contributed by atoms with Gasteiger partial charge in [0.15, 0.2) is 5.16 Å². The van der Waals surface area contributed by atoms with E-state index in [1.54, 1.807) is 23.0 Å². The Hall–Kier alpha value is -3.05. The molecule has 0 radical (unpaired) electrons. The normalized spacial score (nSPS) is 18.5. The molecule has 0 unspecified atom stereocenters. The summed E-state index contributed by atoms with van der Waals surface area (Å²) in [7, 11) is 0. The lowest BCUT2D eigenvalue weighted by Gasteiger charge is -2.28. The Morgan fingerprint density at radius 2 is 2.03 bits per heavy atom. The summed E-state index contributed by atoms with van der Waals surface area (Å²) in [6.45, 7) is 0.967. The predicted octanol–water partition coefficient (Wildman–Crippen LogP) is 3.73. The number of amides is 1. The highest BCUT2D eigenvalue weighted by Crippen LogP contribution is 2.31. The summed E-state index contributed by atoms with van der Waals surface area (Å²) in [5, 5.41) is 13.1. The second kappa shape index (κ2) is 9.84. The molecule has 1 saturated carbocycles. The van der Waals surface area contributed by atoms with Crippen LogP contribution in [0.1, 0.15) is 31.4 Å². The maximum Gasteiger partial charge on any atom is 0.262 e. The van der Waals surface area contributed by atoms with Crippen molar-refractivity contribution in [2.45, 2.75) is 43.9 Å². The third kappa shape index (κ3) is 5.00. The maximum atomic E-state index is 13.1. The van der Waals surface area contributed by atoms with Crippen LogP contribution in [-0.2, 0) is 17.9 Å². The highest BCUT2D eigenvalue weighted by Gasteiger charge is 2.27. The standard InChI is InChI=1S/C23H24N4O3S/c24-11-13-31-23-26-20-6-2-1-5-19(20)22(29)27(23)15-16-7-9-17(10-8-16)21(28)25-14-18-4-3-12-30-18/h1-6,12,16-17H,7-10,13-15H2,(H,25,28). The van der Waals surface area contributed by atoms with Gasteiger partial charge in [-0.1, -0.05) is 23.9 Å². The van der Waals surface area contributed by atoms with E-state index in [0.717, 1.165) is 31.4 Å². The molecule has 0 atom stereocenters. The van der Waals surface area contributed by atoms with Crippen LogP contribution in [0.15, 0.2) is 57.0 Å². The van der Waals surface area contributed by atoms with Gasteiger partial charge in [-0.2, -0.15) is 5.26 Å². The number of aromatic nitrogens is 2. The van der Waals surface area contributed by atoms with Gasteiger partial charge in [0, 0.05) is 12.5 Å². The van der Waals surface area contributed by atoms with E-state index in [0.29, 0.717) is 35.1 Å². The van der Waals surface area contributed by atoms with Crippen molar-refractivity contribution < 1.29 is 9.21 Å². The first kappa shape index (κ1) is 21.2. The molecule has 1 amide bonds. The van der Waals surface area contributed by atoms with Crippen LogP contribution in [-0.4, -0.2) is 21.2 Å². The zero-order valence-corrected chi connectivity index (χ0v) is 17.9. The smallest absolute Gasteiger partial charge is 0.262 e. The maximum absolute atomic E-state index is 13.1. The molecule has 1 aromatic carbocycles. The van der Waals surface area contributed by atoms with Crippen LogP contribution in [0, 0.1) is 23.2 Å². The number of rotatable bonds is 7. The Labute approximate surface area is 184 Å². The average molecular weight is 437 g/mol. The van der Waals surface area contributed by atoms with Gasteiger partial charge in [0.25, 0.3) is 5.56 Å². The van der Waals surface area contributed by atoms with Gasteiger partial charge < -0.3 is 9.73 Å². The summed E-state index contributed by atoms with van der Waals surface area (Å²) in [6, 6.07) is 13.1. The SMILES string of the molecule is N#CCSc1nc2ccccc2c(=O)n1CC1CCC(C(=O)NCc2ccco2)CC1. The van der Waals surface area contributed by atoms with Crippen LogP contribution in [0.5, 0.6) is 0 Å². The van der Waals surface area contributed by atoms with Gasteiger partial charge in [-0.15, -0.1) is 0 Å². The Bertz CT molecular complexity index is 1140. The molecule has 0 bridgehead atoms. The highest BCUT2D eigenvalue weighted by molar-refractivity contribution is 7.99. The number of para-hydroxylation sites is 1. The lowest BCUT2D eigenvalue weighted by atomic mass is 9.81. The Morgan fingerprint density at radius 3 is 2.77 bits per heavy atom. The summed E-state index contributed by atoms with van der Waals surface area (Å²) < 4.78 is 6.98. The molecule has 0 spiro atoms. The molecule has 7 nitrogen and oxygen atoms in total. The Balaban J connectivity index is 1.42. The molecule has 1 aliphatic rings. The van der Waals surface area contributed by atoms with Gasteiger partial charge in [-0.25, -0.2) is 4.98 Å². The molecule has 2 heterocycles. The summed E-state index contributed by atoms with van der Waals surface area (Å²) in [5.74, 6) is 1.34. The molecule has 2 aromatic heterocycles. The number of nitrogens with one attached hydrogen (secondary N) is 1. The topological polar surface area (TPSA) is 101 Å². The third-order valence-electron chi connectivity index (χ3n) is 5.77. The first-order valence-corrected chi connectivity index (χ1v) is 11.4. The van der Waals surface area contributed by atoms with Crippen molar-refractivity contribution in [2.24, 2.45) is 11.8 Å². The average Bonchev–Trinajstić information content (AvgIpc) is 3.32. The number of hydrogen-bond acceptors (Lipinski definition) is 6. The molecule has 1 N–H and O–H groups in total. The van der Waals surface area contributed by atoms with Gasteiger partial charge in [0.1, 0.15) is 5.76 Å². The number of nitrogens with zero attached hydrogens (tertiary/aromatic N) is 3. The van der Waals surface area contributed by atoms with Gasteiger partial charge in [-0.3, -0.25) is 14.2 Å². The van der Waals surface area contributed by atoms with E-state index in [9.17, 15) is 9.59 Å². The first-order valence-electron chi connectivity index (χ1n) is 10.4. The molecule has 160 valence electrons. The minimum atomic E-state index is -0.0654. The molecule has 0 saturated heterocycles. The van der Waals surface area contributed by atoms with E-state index >= 15 is 0 Å². The quantitative estimate of drug-likeness (QED) is 0.447. The van der Waals surface area contributed by atoms with Crippen molar-refractivity contribution in [3.05, 3.63) is 58.8 Å². The number of fused-ring (bicyclic) bond motifs is 1. The van der Waals surface area contributed by atoms with Crippen molar-refractivity contribution >= 4 is 28.6 Å². The van der Waals surface area contributed by atoms with Crippen LogP contribution in [0.2, 0.25) is 0 Å². The molecular formula is C23H24N4O3S. The van der Waals surface area contributed by atoms with Gasteiger partial charge >= 0.3 is 0 Å². The lowest BCUT2D eigenvalue weighted by Crippen LogP contribution is -2.34. The fraction of sp³-hybridized carbons (Fsp3) is 0.391. The van der Waals surface area contributed by atoms with E-state index in [4.69, 9.17) is 9.68 Å². The summed E-state index contributed by atoms with van der Waals surface area (Å²) in [5.41, 5.74) is 0.588. The van der Waals surface area contributed by atoms with Gasteiger partial charge in [-0.05, 0) is 55.9 Å². The van der Waals surface area contributed by atoms with E-state index in [1.165, 1.54) is 11.8 Å². The van der Waals surface area contributed by atoms with E-state index in [2.05, 4.69) is 16.4 Å². The fourth-order valence-corrected chi connectivity index (χ4v) is 4.78. The lowest BCUT2D eigenvalue weighted by molar-refractivity contribution is -0.126. The molecular weight excluding hydrogens is 412 g/mol. The molecule has 3 aromatic rings. The van der Waals surface area contributed by atoms with Crippen molar-refractivity contribution in [1.29, 1.82) is 5.26 Å². The molecule has 1 aliphatic carbocycles. The molecule has 31 heavy (non-hydrogen) atoms. The molecule has 1 fully saturated rings. The van der Waals surface area contributed by atoms with Crippen LogP contribution in [0.3, 0.4) is 0 Å². The summed E-state index contributed by atoms with van der Waals surface area (Å²) in [4.78, 5) is 30.2. The van der Waals surface area contributed by atoms with E-state index < -0.39 is 0 Å². The Morgan fingerprint density at radius 1 is 1.23 bits per heavy atom. The van der Waals surface area contributed by atoms with Crippen molar-refractivity contribution in [2.75, 3.05) is 5.75 Å². The van der Waals surface area contributed by atoms with Crippen LogP contribution in [0.25, 0.3) is 10.9 Å². The second-order valence-electron chi connectivity index (χ2n) is 7.79. The Kier molecular flexibility index (Phi) is 6.73. The number of carbonyl (C=O) groups is 1. The van der Waals surface area contributed by atoms with Crippen molar-refractivity contribution in [3.63, 3.8) is 0 Å². The molecule has 0 aliphatic heterocycles. The number of benzene rings is 1. The number of thioether (sulfide) groups is 1. The number of hydrogen-bond donors (Lipinski definition) is 1. The molecule has 8 heteroatoms. The zero-order chi connectivity index (χ0) is 21.6. The van der Waals surface area contributed by atoms with Crippen LogP contribution < -0.4 is 10.9 Å². The van der Waals surface area contributed by atoms with Gasteiger partial charge in [0.05, 0.1) is 35.5 Å². The van der Waals surface area contributed by atoms with Crippen molar-refractivity contribution in [1.82, 2.24) is 14.9 Å². The first-order chi connectivity index (χ1) is 15.2. The van der Waals surface area contributed by atoms with Crippen molar-refractivity contribution in [3.8, 4) is 6.07 Å². The van der Waals surface area contributed by atoms with Crippen LogP contribution >= 0.6 is 11.8 Å². The monoisotopic (exact) mass is 436 g/mol. The largest absolute Gasteiger partial charge is 0.467 e. The fourth-order valence-electron chi connectivity index (χ4n) is 4.11. The zero-order valence-electron chi connectivity index (χ0n) is 17.1. The minimum absolute atomic E-state index is 0.00917. The van der Waals surface area contributed by atoms with Gasteiger partial charge in [0.2, 0.25) is 5.91 Å². The van der Waals surface area contributed by atoms with E-state index in [1.807, 2.05) is 24.3 Å². The van der Waals surface area contributed by atoms with E-state index in [-0.39, 0.29) is 23.1 Å². The highest BCUT2D eigenvalue weighted by atomic mass is 32.2. The number of carbonyl (C=O) groups excluding carboxylic acids is 1. The molecule has 4 rings (SSSR count). The number of furan rings is 1. The number of nitriles is 1. The second-order valence-corrected chi connectivity index (χ2v) is 8.73. The predicted molar refractivity (Wildman–Crippen MR) is 118 cm³/mol.